The molecule has 0 aliphatic rings. The third-order valence-electron chi connectivity index (χ3n) is 3.33. The first kappa shape index (κ1) is 16.7. The highest BCUT2D eigenvalue weighted by Crippen LogP contribution is 2.21. The number of nitrogens with one attached hydrogen (secondary N) is 1. The van der Waals surface area contributed by atoms with Gasteiger partial charge in [-0.05, 0) is 31.4 Å². The van der Waals surface area contributed by atoms with E-state index in [1.165, 1.54) is 0 Å². The number of rotatable bonds is 6. The van der Waals surface area contributed by atoms with Gasteiger partial charge in [-0.25, -0.2) is 9.78 Å². The molecule has 0 radical (unpaired) electrons. The Morgan fingerprint density at radius 2 is 1.91 bits per heavy atom. The average Bonchev–Trinajstić information content (AvgIpc) is 2.89. The molecule has 0 bridgehead atoms. The third kappa shape index (κ3) is 4.18. The first-order valence-corrected chi connectivity index (χ1v) is 7.45. The summed E-state index contributed by atoms with van der Waals surface area (Å²) in [5.74, 6) is -1.10. The molecule has 0 fully saturated rings. The molecular formula is C17H20N2O4. The SMILES string of the molecule is Cc1nc(-c2ccccc2)oc1C(=O)N[C@H](CC(C)C)C(=O)O. The summed E-state index contributed by atoms with van der Waals surface area (Å²) < 4.78 is 5.53. The number of aryl methyl sites for hydroxylation is 1. The van der Waals surface area contributed by atoms with Gasteiger partial charge in [0.25, 0.3) is 5.91 Å². The summed E-state index contributed by atoms with van der Waals surface area (Å²) in [6.45, 7) is 5.45. The minimum atomic E-state index is -1.06. The lowest BCUT2D eigenvalue weighted by Crippen LogP contribution is -2.41. The summed E-state index contributed by atoms with van der Waals surface area (Å²) in [5, 5.41) is 11.7. The van der Waals surface area contributed by atoms with Gasteiger partial charge in [0.15, 0.2) is 0 Å². The Morgan fingerprint density at radius 1 is 1.26 bits per heavy atom. The average molecular weight is 316 g/mol. The number of oxazole rings is 1. The number of benzene rings is 1. The Morgan fingerprint density at radius 3 is 2.48 bits per heavy atom. The van der Waals surface area contributed by atoms with E-state index in [0.717, 1.165) is 5.56 Å². The lowest BCUT2D eigenvalue weighted by atomic mass is 10.0. The zero-order valence-electron chi connectivity index (χ0n) is 13.4. The maximum absolute atomic E-state index is 12.3. The van der Waals surface area contributed by atoms with Crippen LogP contribution in [0.25, 0.3) is 11.5 Å². The van der Waals surface area contributed by atoms with Crippen molar-refractivity contribution < 1.29 is 19.1 Å². The van der Waals surface area contributed by atoms with Crippen molar-refractivity contribution in [3.8, 4) is 11.5 Å². The van der Waals surface area contributed by atoms with Crippen molar-refractivity contribution in [2.45, 2.75) is 33.2 Å². The number of amides is 1. The number of aliphatic carboxylic acids is 1. The number of carbonyl (C=O) groups is 2. The maximum atomic E-state index is 12.3. The van der Waals surface area contributed by atoms with Crippen LogP contribution in [-0.4, -0.2) is 28.0 Å². The lowest BCUT2D eigenvalue weighted by Gasteiger charge is -2.15. The standard InChI is InChI=1S/C17H20N2O4/c1-10(2)9-13(17(21)22)19-15(20)14-11(3)18-16(23-14)12-7-5-4-6-8-12/h4-8,10,13H,9H2,1-3H3,(H,19,20)(H,21,22)/t13-/m1/s1. The predicted octanol–water partition coefficient (Wildman–Crippen LogP) is 2.88. The number of carboxylic acids is 1. The van der Waals surface area contributed by atoms with E-state index in [0.29, 0.717) is 18.0 Å². The molecule has 6 heteroatoms. The second-order valence-electron chi connectivity index (χ2n) is 5.79. The molecule has 1 atom stereocenters. The highest BCUT2D eigenvalue weighted by Gasteiger charge is 2.25. The zero-order chi connectivity index (χ0) is 17.0. The summed E-state index contributed by atoms with van der Waals surface area (Å²) in [5.41, 5.74) is 1.18. The van der Waals surface area contributed by atoms with Gasteiger partial charge in [0.05, 0.1) is 5.69 Å². The van der Waals surface area contributed by atoms with Crippen molar-refractivity contribution in [3.05, 3.63) is 41.8 Å². The Hall–Kier alpha value is -2.63. The van der Waals surface area contributed by atoms with Crippen molar-refractivity contribution in [3.63, 3.8) is 0 Å². The highest BCUT2D eigenvalue weighted by atomic mass is 16.4. The Balaban J connectivity index is 2.19. The van der Waals surface area contributed by atoms with E-state index in [2.05, 4.69) is 10.3 Å². The monoisotopic (exact) mass is 316 g/mol. The van der Waals surface area contributed by atoms with Crippen LogP contribution in [0.3, 0.4) is 0 Å². The van der Waals surface area contributed by atoms with E-state index in [1.807, 2.05) is 44.2 Å². The van der Waals surface area contributed by atoms with Gasteiger partial charge < -0.3 is 14.8 Å². The van der Waals surface area contributed by atoms with Crippen LogP contribution in [0.4, 0.5) is 0 Å². The quantitative estimate of drug-likeness (QED) is 0.855. The van der Waals surface area contributed by atoms with E-state index in [-0.39, 0.29) is 11.7 Å². The van der Waals surface area contributed by atoms with Gasteiger partial charge in [0, 0.05) is 5.56 Å². The van der Waals surface area contributed by atoms with E-state index in [1.54, 1.807) is 6.92 Å². The number of nitrogens with zero attached hydrogens (tertiary/aromatic N) is 1. The number of aromatic nitrogens is 1. The molecule has 0 aliphatic heterocycles. The summed E-state index contributed by atoms with van der Waals surface area (Å²) in [4.78, 5) is 27.8. The molecule has 1 aromatic carbocycles. The Kier molecular flexibility index (Phi) is 5.16. The van der Waals surface area contributed by atoms with Crippen LogP contribution in [0.2, 0.25) is 0 Å². The van der Waals surface area contributed by atoms with Crippen LogP contribution in [0.1, 0.15) is 36.5 Å². The van der Waals surface area contributed by atoms with E-state index >= 15 is 0 Å². The van der Waals surface area contributed by atoms with Crippen molar-refractivity contribution >= 4 is 11.9 Å². The van der Waals surface area contributed by atoms with Gasteiger partial charge in [-0.2, -0.15) is 0 Å². The second kappa shape index (κ2) is 7.09. The minimum Gasteiger partial charge on any atom is -0.480 e. The van der Waals surface area contributed by atoms with Crippen LogP contribution in [-0.2, 0) is 4.79 Å². The summed E-state index contributed by atoms with van der Waals surface area (Å²) in [7, 11) is 0. The van der Waals surface area contributed by atoms with Gasteiger partial charge in [-0.15, -0.1) is 0 Å². The molecule has 1 heterocycles. The van der Waals surface area contributed by atoms with Crippen LogP contribution in [0.15, 0.2) is 34.7 Å². The molecule has 0 saturated carbocycles. The molecule has 122 valence electrons. The fourth-order valence-electron chi connectivity index (χ4n) is 2.23. The molecule has 6 nitrogen and oxygen atoms in total. The number of hydrogen-bond donors (Lipinski definition) is 2. The molecule has 2 aromatic rings. The van der Waals surface area contributed by atoms with Crippen LogP contribution >= 0.6 is 0 Å². The first-order valence-electron chi connectivity index (χ1n) is 7.45. The molecule has 23 heavy (non-hydrogen) atoms. The predicted molar refractivity (Wildman–Crippen MR) is 85.0 cm³/mol. The molecule has 1 aromatic heterocycles. The first-order chi connectivity index (χ1) is 10.9. The van der Waals surface area contributed by atoms with Gasteiger partial charge in [0.1, 0.15) is 6.04 Å². The van der Waals surface area contributed by atoms with E-state index < -0.39 is 17.9 Å². The number of hydrogen-bond acceptors (Lipinski definition) is 4. The molecule has 1 amide bonds. The van der Waals surface area contributed by atoms with Crippen molar-refractivity contribution in [1.29, 1.82) is 0 Å². The smallest absolute Gasteiger partial charge is 0.326 e. The lowest BCUT2D eigenvalue weighted by molar-refractivity contribution is -0.139. The molecular weight excluding hydrogens is 296 g/mol. The van der Waals surface area contributed by atoms with Crippen LogP contribution in [0, 0.1) is 12.8 Å². The van der Waals surface area contributed by atoms with Gasteiger partial charge >= 0.3 is 5.97 Å². The van der Waals surface area contributed by atoms with Gasteiger partial charge in [-0.3, -0.25) is 4.79 Å². The number of carbonyl (C=O) groups excluding carboxylic acids is 1. The molecule has 0 unspecified atom stereocenters. The van der Waals surface area contributed by atoms with Crippen molar-refractivity contribution in [2.75, 3.05) is 0 Å². The Bertz CT molecular complexity index is 692. The maximum Gasteiger partial charge on any atom is 0.326 e. The fourth-order valence-corrected chi connectivity index (χ4v) is 2.23. The minimum absolute atomic E-state index is 0.0406. The van der Waals surface area contributed by atoms with Crippen molar-refractivity contribution in [2.24, 2.45) is 5.92 Å². The second-order valence-corrected chi connectivity index (χ2v) is 5.79. The highest BCUT2D eigenvalue weighted by molar-refractivity contribution is 5.95. The zero-order valence-corrected chi connectivity index (χ0v) is 13.4. The van der Waals surface area contributed by atoms with Gasteiger partial charge in [0.2, 0.25) is 11.7 Å². The van der Waals surface area contributed by atoms with E-state index in [4.69, 9.17) is 4.42 Å². The molecule has 2 rings (SSSR count). The Labute approximate surface area is 134 Å². The van der Waals surface area contributed by atoms with Crippen molar-refractivity contribution in [1.82, 2.24) is 10.3 Å². The van der Waals surface area contributed by atoms with E-state index in [9.17, 15) is 14.7 Å². The largest absolute Gasteiger partial charge is 0.480 e. The van der Waals surface area contributed by atoms with Crippen LogP contribution in [0.5, 0.6) is 0 Å². The van der Waals surface area contributed by atoms with Gasteiger partial charge in [-0.1, -0.05) is 32.0 Å². The molecule has 2 N–H and O–H groups in total. The fraction of sp³-hybridized carbons (Fsp3) is 0.353. The molecule has 0 aliphatic carbocycles. The number of carboxylic acid groups (broad SMARTS) is 1. The molecule has 0 saturated heterocycles. The van der Waals surface area contributed by atoms with Crippen LogP contribution < -0.4 is 5.32 Å². The summed E-state index contributed by atoms with van der Waals surface area (Å²) >= 11 is 0. The summed E-state index contributed by atoms with van der Waals surface area (Å²) in [6, 6.07) is 8.26. The molecule has 0 spiro atoms. The summed E-state index contributed by atoms with van der Waals surface area (Å²) in [6.07, 6.45) is 0.347. The third-order valence-corrected chi connectivity index (χ3v) is 3.33. The normalized spacial score (nSPS) is 12.2. The topological polar surface area (TPSA) is 92.4 Å².